The number of hydrogen-bond acceptors (Lipinski definition) is 18. The van der Waals surface area contributed by atoms with E-state index in [1.807, 2.05) is 89.1 Å². The Labute approximate surface area is 691 Å². The molecule has 642 valence electrons. The highest BCUT2D eigenvalue weighted by Gasteiger charge is 2.31. The summed E-state index contributed by atoms with van der Waals surface area (Å²) in [5.74, 6) is -4.03. The van der Waals surface area contributed by atoms with Crippen molar-refractivity contribution < 1.29 is 85.8 Å². The molecule has 3 amide bonds. The van der Waals surface area contributed by atoms with E-state index in [1.165, 1.54) is 0 Å². The number of aromatic nitrogens is 3. The lowest BCUT2D eigenvalue weighted by molar-refractivity contribution is -0.158. The Hall–Kier alpha value is -9.87. The lowest BCUT2D eigenvalue weighted by atomic mass is 10.1. The monoisotopic (exact) mass is 1620 g/mol. The molecule has 0 unspecified atom stereocenters. The highest BCUT2D eigenvalue weighted by molar-refractivity contribution is 6.46. The van der Waals surface area contributed by atoms with Crippen molar-refractivity contribution in [1.29, 1.82) is 0 Å². The van der Waals surface area contributed by atoms with Crippen LogP contribution in [0.25, 0.3) is 32.7 Å². The Morgan fingerprint density at radius 3 is 0.701 bits per heavy atom. The lowest BCUT2D eigenvalue weighted by Gasteiger charge is -2.19. The number of primary amides is 3. The van der Waals surface area contributed by atoms with Gasteiger partial charge in [-0.15, -0.1) is 0 Å². The number of hydrogen-bond donors (Lipinski definition) is 3. The van der Waals surface area contributed by atoms with Crippen molar-refractivity contribution in [3.05, 3.63) is 107 Å². The molecule has 7 rings (SSSR count). The molecule has 0 bridgehead atoms. The van der Waals surface area contributed by atoms with Gasteiger partial charge in [0, 0.05) is 54.9 Å². The number of Topliss-reactive ketones (excluding diaryl/α,β-unsaturated/α-hetero) is 3. The molecular weight excluding hydrogens is 1490 g/mol. The summed E-state index contributed by atoms with van der Waals surface area (Å²) >= 11 is 0. The van der Waals surface area contributed by atoms with Crippen LogP contribution in [0.4, 0.5) is 0 Å². The van der Waals surface area contributed by atoms with Gasteiger partial charge in [-0.25, -0.2) is 14.4 Å². The highest BCUT2D eigenvalue weighted by atomic mass is 16.6. The van der Waals surface area contributed by atoms with Crippen molar-refractivity contribution in [2.24, 2.45) is 17.2 Å². The third-order valence-electron chi connectivity index (χ3n) is 20.6. The molecular formula is C93H132N6O18. The maximum absolute atomic E-state index is 13.2. The average Bonchev–Trinajstić information content (AvgIpc) is 1.62. The van der Waals surface area contributed by atoms with Crippen LogP contribution < -0.4 is 45.6 Å². The number of fused-ring (bicyclic) bond motifs is 3. The minimum atomic E-state index is -1.05. The summed E-state index contributed by atoms with van der Waals surface area (Å²) in [5, 5.41) is 1.39. The fourth-order valence-electron chi connectivity index (χ4n) is 15.2. The largest absolute Gasteiger partial charge is 0.493 e. The van der Waals surface area contributed by atoms with E-state index in [1.54, 1.807) is 80.5 Å². The van der Waals surface area contributed by atoms with E-state index in [0.29, 0.717) is 89.9 Å². The highest BCUT2D eigenvalue weighted by Crippen LogP contribution is 2.39. The molecule has 0 saturated heterocycles. The number of ketones is 3. The second-order valence-electron chi connectivity index (χ2n) is 33.8. The first-order valence-electron chi connectivity index (χ1n) is 42.7. The van der Waals surface area contributed by atoms with Gasteiger partial charge in [-0.2, -0.15) is 0 Å². The number of ether oxygens (including phenoxy) is 9. The van der Waals surface area contributed by atoms with Gasteiger partial charge in [0.15, 0.2) is 19.8 Å². The number of unbranched alkanes of at least 4 members (excludes halogenated alkanes) is 27. The molecule has 24 heteroatoms. The van der Waals surface area contributed by atoms with Crippen molar-refractivity contribution in [2.75, 3.05) is 39.6 Å². The molecule has 3 heterocycles. The number of nitrogens with two attached hydrogens (primary N) is 3. The minimum Gasteiger partial charge on any atom is -0.493 e. The molecule has 0 fully saturated rings. The first-order chi connectivity index (χ1) is 55.7. The van der Waals surface area contributed by atoms with Crippen LogP contribution in [-0.2, 0) is 62.6 Å². The predicted octanol–water partition coefficient (Wildman–Crippen LogP) is 18.6. The Bertz CT molecular complexity index is 4010. The van der Waals surface area contributed by atoms with Crippen molar-refractivity contribution in [3.63, 3.8) is 0 Å². The van der Waals surface area contributed by atoms with E-state index in [-0.39, 0.29) is 36.5 Å². The van der Waals surface area contributed by atoms with Crippen LogP contribution in [0.1, 0.15) is 303 Å². The number of benzene rings is 4. The third kappa shape index (κ3) is 30.5. The van der Waals surface area contributed by atoms with Crippen LogP contribution in [0.5, 0.6) is 34.5 Å². The van der Waals surface area contributed by atoms with Gasteiger partial charge in [0.1, 0.15) is 51.3 Å². The van der Waals surface area contributed by atoms with Crippen molar-refractivity contribution in [3.8, 4) is 34.5 Å². The summed E-state index contributed by atoms with van der Waals surface area (Å²) in [6, 6.07) is 22.1. The van der Waals surface area contributed by atoms with Crippen LogP contribution in [-0.4, -0.2) is 123 Å². The molecule has 0 aliphatic carbocycles. The Kier molecular flexibility index (Phi) is 37.8. The van der Waals surface area contributed by atoms with E-state index < -0.39 is 69.8 Å². The topological polar surface area (TPSA) is 330 Å². The van der Waals surface area contributed by atoms with Gasteiger partial charge in [0.05, 0.1) is 69.2 Å². The van der Waals surface area contributed by atoms with Crippen LogP contribution in [0.2, 0.25) is 0 Å². The maximum atomic E-state index is 13.2. The lowest BCUT2D eigenvalue weighted by Crippen LogP contribution is -2.27. The minimum absolute atomic E-state index is 0.196. The van der Waals surface area contributed by atoms with Gasteiger partial charge in [-0.05, 0) is 158 Å². The SMILES string of the molecule is Cc1c(C(=O)C(N)=O)c2c(OCC(=O)OC(C)(C)C)cccc2n1CCCCCCCCCCCCOc1cc(OCCCCCCCCCCCCn2c(C)c(C(=O)C(N)=O)c3c(OCC(=O)OC(C)(C)C)cccc32)cc(OCCCCCCCCCCCCn2c(C)c(C(=O)C(N)=O)c3c(OCC(=O)OC(C)(C)C)cccc32)c1. The molecule has 0 saturated carbocycles. The molecule has 117 heavy (non-hydrogen) atoms. The zero-order valence-corrected chi connectivity index (χ0v) is 71.9. The standard InChI is InChI=1S/C93H132N6O18/c1-64-79(85(103)88(94)106)82-70(46-43-49-73(82)112-61-76(100)115-91(4,5)6)97(64)52-37-31-25-19-13-16-22-28-34-40-55-109-67-58-68(110-56-41-35-29-23-17-14-20-26-32-38-53-98-65(2)80(86(104)89(95)107)83-71(98)47-44-50-74(83)113-62-77(101)116-92(7,8)9)60-69(59-67)111-57-42-36-30-24-18-15-21-27-33-39-54-99-66(3)81(87(105)90(96)108)84-72(99)48-45-51-75(84)114-63-78(102)117-93(10,11)12/h43-51,58-60H,13-42,52-57,61-63H2,1-12H3,(H2,94,106)(H2,95,107)(H2,96,108). The maximum Gasteiger partial charge on any atom is 0.344 e. The fourth-order valence-corrected chi connectivity index (χ4v) is 15.2. The summed E-state index contributed by atoms with van der Waals surface area (Å²) in [6.45, 7) is 24.1. The summed E-state index contributed by atoms with van der Waals surface area (Å²) in [7, 11) is 0. The molecule has 3 aromatic heterocycles. The van der Waals surface area contributed by atoms with E-state index in [0.717, 1.165) is 226 Å². The number of carbonyl (C=O) groups is 9. The molecule has 0 radical (unpaired) electrons. The van der Waals surface area contributed by atoms with E-state index in [2.05, 4.69) is 0 Å². The van der Waals surface area contributed by atoms with Crippen LogP contribution in [0.3, 0.4) is 0 Å². The second kappa shape index (κ2) is 46.9. The average molecular weight is 1620 g/mol. The summed E-state index contributed by atoms with van der Waals surface area (Å²) in [6.07, 6.45) is 32.1. The number of rotatable bonds is 57. The van der Waals surface area contributed by atoms with Crippen LogP contribution in [0, 0.1) is 20.8 Å². The van der Waals surface area contributed by atoms with Crippen molar-refractivity contribution in [2.45, 2.75) is 312 Å². The normalized spacial score (nSPS) is 11.8. The summed E-state index contributed by atoms with van der Waals surface area (Å²) in [4.78, 5) is 114. The molecule has 0 aliphatic rings. The van der Waals surface area contributed by atoms with Crippen LogP contribution >= 0.6 is 0 Å². The summed E-state index contributed by atoms with van der Waals surface area (Å²) in [5.41, 5.74) is 19.2. The second-order valence-corrected chi connectivity index (χ2v) is 33.8. The smallest absolute Gasteiger partial charge is 0.344 e. The Balaban J connectivity index is 0.809. The zero-order chi connectivity index (χ0) is 85.2. The molecule has 7 aromatic rings. The predicted molar refractivity (Wildman–Crippen MR) is 456 cm³/mol. The van der Waals surface area contributed by atoms with Gasteiger partial charge in [0.2, 0.25) is 0 Å². The Morgan fingerprint density at radius 2 is 0.496 bits per heavy atom. The van der Waals surface area contributed by atoms with Crippen molar-refractivity contribution >= 4 is 85.7 Å². The van der Waals surface area contributed by atoms with Gasteiger partial charge >= 0.3 is 17.9 Å². The molecule has 6 N–H and O–H groups in total. The number of aryl methyl sites for hydroxylation is 3. The zero-order valence-electron chi connectivity index (χ0n) is 71.9. The molecule has 24 nitrogen and oxygen atoms in total. The number of esters is 3. The van der Waals surface area contributed by atoms with Gasteiger partial charge in [-0.1, -0.05) is 172 Å². The molecule has 0 atom stereocenters. The fraction of sp³-hybridized carbons (Fsp3) is 0.581. The van der Waals surface area contributed by atoms with Gasteiger partial charge in [-0.3, -0.25) is 28.8 Å². The molecule has 4 aromatic carbocycles. The first-order valence-corrected chi connectivity index (χ1v) is 42.7. The van der Waals surface area contributed by atoms with E-state index in [4.69, 9.17) is 59.8 Å². The Morgan fingerprint density at radius 1 is 0.291 bits per heavy atom. The summed E-state index contributed by atoms with van der Waals surface area (Å²) < 4.78 is 59.2. The number of carbonyl (C=O) groups excluding carboxylic acids is 9. The van der Waals surface area contributed by atoms with Gasteiger partial charge in [0.25, 0.3) is 35.1 Å². The molecule has 0 spiro atoms. The quantitative estimate of drug-likeness (QED) is 0.0105. The number of nitrogens with zero attached hydrogens (tertiary/aromatic N) is 3. The van der Waals surface area contributed by atoms with E-state index in [9.17, 15) is 43.2 Å². The van der Waals surface area contributed by atoms with Crippen LogP contribution in [0.15, 0.2) is 72.8 Å². The third-order valence-corrected chi connectivity index (χ3v) is 20.6. The number of amides is 3. The van der Waals surface area contributed by atoms with Gasteiger partial charge < -0.3 is 73.5 Å². The first kappa shape index (κ1) is 94.3. The molecule has 0 aliphatic heterocycles. The van der Waals surface area contributed by atoms with Crippen molar-refractivity contribution in [1.82, 2.24) is 13.7 Å². The van der Waals surface area contributed by atoms with E-state index >= 15 is 0 Å².